The molecule has 0 aromatic heterocycles. The molecule has 4 heteroatoms. The quantitative estimate of drug-likeness (QED) is 0.723. The van der Waals surface area contributed by atoms with Crippen molar-refractivity contribution in [2.75, 3.05) is 19.8 Å². The summed E-state index contributed by atoms with van der Waals surface area (Å²) in [5.41, 5.74) is 0. The van der Waals surface area contributed by atoms with Gasteiger partial charge in [0.15, 0.2) is 0 Å². The fourth-order valence-electron chi connectivity index (χ4n) is 2.51. The van der Waals surface area contributed by atoms with Gasteiger partial charge in [0.2, 0.25) is 5.91 Å². The fraction of sp³-hybridized carbons (Fsp3) is 0.929. The van der Waals surface area contributed by atoms with E-state index in [1.165, 1.54) is 19.3 Å². The van der Waals surface area contributed by atoms with E-state index in [-0.39, 0.29) is 5.91 Å². The summed E-state index contributed by atoms with van der Waals surface area (Å²) in [5.74, 6) is 1.05. The summed E-state index contributed by atoms with van der Waals surface area (Å²) in [5, 5.41) is 6.47. The summed E-state index contributed by atoms with van der Waals surface area (Å²) < 4.78 is 5.28. The van der Waals surface area contributed by atoms with Crippen LogP contribution in [0.4, 0.5) is 0 Å². The maximum Gasteiger partial charge on any atom is 0.234 e. The van der Waals surface area contributed by atoms with Crippen molar-refractivity contribution >= 4 is 5.91 Å². The highest BCUT2D eigenvalue weighted by molar-refractivity contribution is 5.78. The van der Waals surface area contributed by atoms with Crippen LogP contribution in [0.25, 0.3) is 0 Å². The Morgan fingerprint density at radius 1 is 1.28 bits per heavy atom. The molecule has 1 amide bonds. The third-order valence-electron chi connectivity index (χ3n) is 3.95. The molecule has 1 atom stereocenters. The van der Waals surface area contributed by atoms with Crippen LogP contribution in [0.2, 0.25) is 0 Å². The Morgan fingerprint density at radius 2 is 2.00 bits per heavy atom. The second-order valence-electron chi connectivity index (χ2n) is 5.62. The van der Waals surface area contributed by atoms with E-state index >= 15 is 0 Å². The highest BCUT2D eigenvalue weighted by Crippen LogP contribution is 2.33. The summed E-state index contributed by atoms with van der Waals surface area (Å²) in [4.78, 5) is 11.8. The van der Waals surface area contributed by atoms with Gasteiger partial charge in [-0.3, -0.25) is 4.79 Å². The largest absolute Gasteiger partial charge is 0.381 e. The summed E-state index contributed by atoms with van der Waals surface area (Å²) in [6.07, 6.45) is 7.01. The van der Waals surface area contributed by atoms with E-state index in [0.29, 0.717) is 18.6 Å². The Labute approximate surface area is 110 Å². The van der Waals surface area contributed by atoms with Crippen molar-refractivity contribution in [1.82, 2.24) is 10.6 Å². The molecular formula is C14H26N2O2. The average Bonchev–Trinajstić information content (AvgIpc) is 3.19. The lowest BCUT2D eigenvalue weighted by Crippen LogP contribution is -2.45. The standard InChI is InChI=1S/C14H26N2O2/c1-2-12(9-11-3-4-11)15-10-14(17)16-13-5-7-18-8-6-13/h11-13,15H,2-10H2,1H3,(H,16,17). The Hall–Kier alpha value is -0.610. The van der Waals surface area contributed by atoms with Gasteiger partial charge < -0.3 is 15.4 Å². The molecule has 0 aromatic carbocycles. The first-order valence-electron chi connectivity index (χ1n) is 7.38. The first-order valence-corrected chi connectivity index (χ1v) is 7.38. The van der Waals surface area contributed by atoms with Gasteiger partial charge in [-0.1, -0.05) is 19.8 Å². The van der Waals surface area contributed by atoms with Gasteiger partial charge in [-0.05, 0) is 31.6 Å². The first-order chi connectivity index (χ1) is 8.78. The molecular weight excluding hydrogens is 228 g/mol. The Bertz CT molecular complexity index is 261. The van der Waals surface area contributed by atoms with Gasteiger partial charge in [0.25, 0.3) is 0 Å². The second kappa shape index (κ2) is 7.10. The normalized spacial score (nSPS) is 22.7. The molecule has 4 nitrogen and oxygen atoms in total. The Balaban J connectivity index is 1.60. The lowest BCUT2D eigenvalue weighted by atomic mass is 10.1. The predicted molar refractivity (Wildman–Crippen MR) is 71.4 cm³/mol. The number of carbonyl (C=O) groups excluding carboxylic acids is 1. The van der Waals surface area contributed by atoms with E-state index in [4.69, 9.17) is 4.74 Å². The number of hydrogen-bond donors (Lipinski definition) is 2. The van der Waals surface area contributed by atoms with Crippen molar-refractivity contribution < 1.29 is 9.53 Å². The molecule has 2 fully saturated rings. The van der Waals surface area contributed by atoms with E-state index in [0.717, 1.165) is 38.4 Å². The monoisotopic (exact) mass is 254 g/mol. The fourth-order valence-corrected chi connectivity index (χ4v) is 2.51. The molecule has 0 radical (unpaired) electrons. The molecule has 1 aliphatic heterocycles. The zero-order valence-corrected chi connectivity index (χ0v) is 11.4. The van der Waals surface area contributed by atoms with Crippen molar-refractivity contribution in [2.45, 2.75) is 57.5 Å². The first kappa shape index (κ1) is 13.8. The minimum atomic E-state index is 0.135. The van der Waals surface area contributed by atoms with Crippen LogP contribution in [0.1, 0.15) is 45.4 Å². The second-order valence-corrected chi connectivity index (χ2v) is 5.62. The molecule has 0 aromatic rings. The van der Waals surface area contributed by atoms with Crippen molar-refractivity contribution in [2.24, 2.45) is 5.92 Å². The molecule has 1 aliphatic carbocycles. The van der Waals surface area contributed by atoms with E-state index in [9.17, 15) is 4.79 Å². The molecule has 18 heavy (non-hydrogen) atoms. The van der Waals surface area contributed by atoms with Crippen LogP contribution >= 0.6 is 0 Å². The molecule has 1 saturated heterocycles. The lowest BCUT2D eigenvalue weighted by molar-refractivity contribution is -0.121. The molecule has 0 bridgehead atoms. The number of amides is 1. The van der Waals surface area contributed by atoms with Gasteiger partial charge in [0.05, 0.1) is 6.54 Å². The van der Waals surface area contributed by atoms with Crippen molar-refractivity contribution in [1.29, 1.82) is 0 Å². The third kappa shape index (κ3) is 4.94. The summed E-state index contributed by atoms with van der Waals surface area (Å²) >= 11 is 0. The molecule has 2 rings (SSSR count). The molecule has 1 unspecified atom stereocenters. The Morgan fingerprint density at radius 3 is 2.61 bits per heavy atom. The predicted octanol–water partition coefficient (Wildman–Crippen LogP) is 1.45. The molecule has 0 spiro atoms. The zero-order valence-electron chi connectivity index (χ0n) is 11.4. The van der Waals surface area contributed by atoms with Crippen molar-refractivity contribution in [3.8, 4) is 0 Å². The van der Waals surface area contributed by atoms with Gasteiger partial charge in [-0.2, -0.15) is 0 Å². The average molecular weight is 254 g/mol. The zero-order chi connectivity index (χ0) is 12.8. The lowest BCUT2D eigenvalue weighted by Gasteiger charge is -2.24. The molecule has 1 heterocycles. The van der Waals surface area contributed by atoms with Crippen LogP contribution in [0, 0.1) is 5.92 Å². The molecule has 2 N–H and O–H groups in total. The van der Waals surface area contributed by atoms with Gasteiger partial charge in [0, 0.05) is 25.3 Å². The van der Waals surface area contributed by atoms with Crippen LogP contribution in [0.5, 0.6) is 0 Å². The summed E-state index contributed by atoms with van der Waals surface area (Å²) in [6.45, 7) is 4.20. The number of ether oxygens (including phenoxy) is 1. The summed E-state index contributed by atoms with van der Waals surface area (Å²) in [6, 6.07) is 0.828. The van der Waals surface area contributed by atoms with Crippen LogP contribution in [0.15, 0.2) is 0 Å². The van der Waals surface area contributed by atoms with Gasteiger partial charge in [0.1, 0.15) is 0 Å². The van der Waals surface area contributed by atoms with E-state index in [2.05, 4.69) is 17.6 Å². The van der Waals surface area contributed by atoms with E-state index < -0.39 is 0 Å². The van der Waals surface area contributed by atoms with Gasteiger partial charge >= 0.3 is 0 Å². The van der Waals surface area contributed by atoms with Gasteiger partial charge in [-0.15, -0.1) is 0 Å². The Kier molecular flexibility index (Phi) is 5.45. The maximum atomic E-state index is 11.8. The van der Waals surface area contributed by atoms with Gasteiger partial charge in [-0.25, -0.2) is 0 Å². The van der Waals surface area contributed by atoms with E-state index in [1.54, 1.807) is 0 Å². The SMILES string of the molecule is CCC(CC1CC1)NCC(=O)NC1CCOCC1. The van der Waals surface area contributed by atoms with Crippen molar-refractivity contribution in [3.63, 3.8) is 0 Å². The topological polar surface area (TPSA) is 50.4 Å². The van der Waals surface area contributed by atoms with Crippen LogP contribution < -0.4 is 10.6 Å². The van der Waals surface area contributed by atoms with E-state index in [1.807, 2.05) is 0 Å². The maximum absolute atomic E-state index is 11.8. The highest BCUT2D eigenvalue weighted by atomic mass is 16.5. The number of nitrogens with one attached hydrogen (secondary N) is 2. The highest BCUT2D eigenvalue weighted by Gasteiger charge is 2.25. The van der Waals surface area contributed by atoms with Crippen LogP contribution in [-0.2, 0) is 9.53 Å². The number of hydrogen-bond acceptors (Lipinski definition) is 3. The number of carbonyl (C=O) groups is 1. The molecule has 1 saturated carbocycles. The van der Waals surface area contributed by atoms with Crippen LogP contribution in [-0.4, -0.2) is 37.7 Å². The smallest absolute Gasteiger partial charge is 0.234 e. The third-order valence-corrected chi connectivity index (χ3v) is 3.95. The van der Waals surface area contributed by atoms with Crippen molar-refractivity contribution in [3.05, 3.63) is 0 Å². The minimum Gasteiger partial charge on any atom is -0.381 e. The minimum absolute atomic E-state index is 0.135. The summed E-state index contributed by atoms with van der Waals surface area (Å²) in [7, 11) is 0. The molecule has 104 valence electrons. The van der Waals surface area contributed by atoms with Crippen LogP contribution in [0.3, 0.4) is 0 Å². The number of rotatable bonds is 7. The molecule has 2 aliphatic rings.